The maximum atomic E-state index is 5.72. The molecule has 0 saturated carbocycles. The van der Waals surface area contributed by atoms with E-state index in [1.54, 1.807) is 18.4 Å². The largest absolute Gasteiger partial charge is 0.496 e. The van der Waals surface area contributed by atoms with Gasteiger partial charge in [0.1, 0.15) is 10.8 Å². The molecule has 1 aromatic heterocycles. The van der Waals surface area contributed by atoms with Crippen LogP contribution in [0.25, 0.3) is 21.8 Å². The molecule has 0 atom stereocenters. The minimum Gasteiger partial charge on any atom is -0.496 e. The van der Waals surface area contributed by atoms with E-state index in [1.165, 1.54) is 5.56 Å². The maximum Gasteiger partial charge on any atom is 0.128 e. The Labute approximate surface area is 128 Å². The van der Waals surface area contributed by atoms with E-state index in [9.17, 15) is 0 Å². The molecule has 0 saturated heterocycles. The van der Waals surface area contributed by atoms with Crippen LogP contribution in [0.2, 0.25) is 0 Å². The van der Waals surface area contributed by atoms with Crippen molar-refractivity contribution in [1.29, 1.82) is 0 Å². The average Bonchev–Trinajstić information content (AvgIpc) is 2.97. The van der Waals surface area contributed by atoms with Crippen molar-refractivity contribution in [2.75, 3.05) is 12.8 Å². The average molecular weight is 296 g/mol. The summed E-state index contributed by atoms with van der Waals surface area (Å²) in [5.41, 5.74) is 10.7. The number of benzene rings is 2. The molecule has 1 heterocycles. The predicted octanol–water partition coefficient (Wildman–Crippen LogP) is 4.38. The third-order valence-corrected chi connectivity index (χ3v) is 4.18. The normalized spacial score (nSPS) is 10.6. The number of hydrogen-bond donors (Lipinski definition) is 1. The summed E-state index contributed by atoms with van der Waals surface area (Å²) in [5.74, 6) is 0.842. The lowest BCUT2D eigenvalue weighted by Gasteiger charge is -2.07. The summed E-state index contributed by atoms with van der Waals surface area (Å²) in [5, 5.41) is 3.04. The van der Waals surface area contributed by atoms with E-state index in [4.69, 9.17) is 15.5 Å². The number of nitrogens with two attached hydrogens (primary N) is 1. The van der Waals surface area contributed by atoms with E-state index in [0.29, 0.717) is 0 Å². The number of ether oxygens (including phenoxy) is 1. The van der Waals surface area contributed by atoms with Crippen molar-refractivity contribution in [1.82, 2.24) is 4.98 Å². The van der Waals surface area contributed by atoms with Gasteiger partial charge in [0.15, 0.2) is 0 Å². The first kappa shape index (κ1) is 13.6. The van der Waals surface area contributed by atoms with E-state index < -0.39 is 0 Å². The van der Waals surface area contributed by atoms with Crippen molar-refractivity contribution in [3.8, 4) is 27.6 Å². The Morgan fingerprint density at radius 1 is 1.10 bits per heavy atom. The molecule has 106 valence electrons. The molecule has 0 aliphatic rings. The molecule has 2 N–H and O–H groups in total. The number of aromatic nitrogens is 1. The topological polar surface area (TPSA) is 48.1 Å². The Morgan fingerprint density at radius 2 is 1.86 bits per heavy atom. The van der Waals surface area contributed by atoms with Crippen LogP contribution in [0.1, 0.15) is 5.56 Å². The Hall–Kier alpha value is -2.33. The molecule has 4 heteroatoms. The predicted molar refractivity (Wildman–Crippen MR) is 88.7 cm³/mol. The molecule has 21 heavy (non-hydrogen) atoms. The minimum absolute atomic E-state index is 0.760. The van der Waals surface area contributed by atoms with Crippen molar-refractivity contribution in [3.05, 3.63) is 53.4 Å². The highest BCUT2D eigenvalue weighted by molar-refractivity contribution is 7.13. The van der Waals surface area contributed by atoms with Crippen molar-refractivity contribution >= 4 is 17.0 Å². The molecule has 2 aromatic carbocycles. The summed E-state index contributed by atoms with van der Waals surface area (Å²) >= 11 is 1.62. The first-order valence-corrected chi connectivity index (χ1v) is 7.52. The van der Waals surface area contributed by atoms with E-state index in [1.807, 2.05) is 36.4 Å². The number of methoxy groups -OCH3 is 1. The summed E-state index contributed by atoms with van der Waals surface area (Å²) in [4.78, 5) is 4.73. The number of aryl methyl sites for hydroxylation is 1. The SMILES string of the molecule is COc1ccc(C)cc1-c1csc(-c2ccc(N)cc2)n1. The number of anilines is 1. The fourth-order valence-corrected chi connectivity index (χ4v) is 3.00. The quantitative estimate of drug-likeness (QED) is 0.730. The third-order valence-electron chi connectivity index (χ3n) is 3.29. The maximum absolute atomic E-state index is 5.72. The van der Waals surface area contributed by atoms with Gasteiger partial charge in [0.25, 0.3) is 0 Å². The molecule has 3 nitrogen and oxygen atoms in total. The molecule has 0 bridgehead atoms. The first-order valence-electron chi connectivity index (χ1n) is 6.64. The van der Waals surface area contributed by atoms with E-state index in [0.717, 1.165) is 33.3 Å². The molecule has 0 unspecified atom stereocenters. The highest BCUT2D eigenvalue weighted by Gasteiger charge is 2.11. The van der Waals surface area contributed by atoms with Gasteiger partial charge >= 0.3 is 0 Å². The van der Waals surface area contributed by atoms with Gasteiger partial charge in [0.05, 0.1) is 12.8 Å². The van der Waals surface area contributed by atoms with Crippen LogP contribution in [0, 0.1) is 6.92 Å². The monoisotopic (exact) mass is 296 g/mol. The number of nitrogen functional groups attached to an aromatic ring is 1. The van der Waals surface area contributed by atoms with Gasteiger partial charge in [-0.1, -0.05) is 11.6 Å². The van der Waals surface area contributed by atoms with Crippen LogP contribution in [0.5, 0.6) is 5.75 Å². The summed E-state index contributed by atoms with van der Waals surface area (Å²) in [6, 6.07) is 13.9. The van der Waals surface area contributed by atoms with Crippen molar-refractivity contribution in [2.24, 2.45) is 0 Å². The van der Waals surface area contributed by atoms with Crippen LogP contribution < -0.4 is 10.5 Å². The van der Waals surface area contributed by atoms with Crippen LogP contribution in [-0.4, -0.2) is 12.1 Å². The molecule has 0 fully saturated rings. The lowest BCUT2D eigenvalue weighted by Crippen LogP contribution is -1.89. The van der Waals surface area contributed by atoms with Crippen LogP contribution in [0.4, 0.5) is 5.69 Å². The smallest absolute Gasteiger partial charge is 0.128 e. The van der Waals surface area contributed by atoms with Gasteiger partial charge in [0, 0.05) is 22.2 Å². The Morgan fingerprint density at radius 3 is 2.57 bits per heavy atom. The lowest BCUT2D eigenvalue weighted by atomic mass is 10.1. The van der Waals surface area contributed by atoms with Gasteiger partial charge in [-0.05, 0) is 43.3 Å². The zero-order chi connectivity index (χ0) is 14.8. The Bertz CT molecular complexity index is 763. The van der Waals surface area contributed by atoms with E-state index in [-0.39, 0.29) is 0 Å². The zero-order valence-electron chi connectivity index (χ0n) is 12.0. The van der Waals surface area contributed by atoms with Gasteiger partial charge in [-0.3, -0.25) is 0 Å². The number of hydrogen-bond acceptors (Lipinski definition) is 4. The molecular formula is C17H16N2OS. The second-order valence-electron chi connectivity index (χ2n) is 4.86. The summed E-state index contributed by atoms with van der Waals surface area (Å²) in [6.45, 7) is 2.07. The molecule has 0 aliphatic carbocycles. The van der Waals surface area contributed by atoms with Gasteiger partial charge < -0.3 is 10.5 Å². The molecule has 0 spiro atoms. The highest BCUT2D eigenvalue weighted by atomic mass is 32.1. The highest BCUT2D eigenvalue weighted by Crippen LogP contribution is 2.34. The van der Waals surface area contributed by atoms with Crippen molar-refractivity contribution in [2.45, 2.75) is 6.92 Å². The second kappa shape index (κ2) is 5.58. The lowest BCUT2D eigenvalue weighted by molar-refractivity contribution is 0.416. The molecule has 3 rings (SSSR count). The molecule has 0 aliphatic heterocycles. The number of rotatable bonds is 3. The summed E-state index contributed by atoms with van der Waals surface area (Å²) in [7, 11) is 1.68. The Kier molecular flexibility index (Phi) is 3.62. The van der Waals surface area contributed by atoms with Crippen LogP contribution in [0.3, 0.4) is 0 Å². The third kappa shape index (κ3) is 2.76. The molecule has 3 aromatic rings. The molecule has 0 amide bonds. The van der Waals surface area contributed by atoms with E-state index >= 15 is 0 Å². The van der Waals surface area contributed by atoms with Crippen molar-refractivity contribution < 1.29 is 4.74 Å². The zero-order valence-corrected chi connectivity index (χ0v) is 12.8. The summed E-state index contributed by atoms with van der Waals surface area (Å²) in [6.07, 6.45) is 0. The fraction of sp³-hybridized carbons (Fsp3) is 0.118. The Balaban J connectivity index is 2.02. The van der Waals surface area contributed by atoms with Gasteiger partial charge in [-0.2, -0.15) is 0 Å². The van der Waals surface area contributed by atoms with Gasteiger partial charge in [-0.25, -0.2) is 4.98 Å². The standard InChI is InChI=1S/C17H16N2OS/c1-11-3-8-16(20-2)14(9-11)15-10-21-17(19-15)12-4-6-13(18)7-5-12/h3-10H,18H2,1-2H3. The number of thiazole rings is 1. The van der Waals surface area contributed by atoms with Crippen molar-refractivity contribution in [3.63, 3.8) is 0 Å². The number of nitrogens with zero attached hydrogens (tertiary/aromatic N) is 1. The fourth-order valence-electron chi connectivity index (χ4n) is 2.18. The minimum atomic E-state index is 0.760. The summed E-state index contributed by atoms with van der Waals surface area (Å²) < 4.78 is 5.43. The van der Waals surface area contributed by atoms with E-state index in [2.05, 4.69) is 18.4 Å². The molecule has 0 radical (unpaired) electrons. The van der Waals surface area contributed by atoms with Gasteiger partial charge in [0.2, 0.25) is 0 Å². The van der Waals surface area contributed by atoms with Crippen LogP contribution in [0.15, 0.2) is 47.8 Å². The first-order chi connectivity index (χ1) is 10.2. The van der Waals surface area contributed by atoms with Crippen LogP contribution in [-0.2, 0) is 0 Å². The second-order valence-corrected chi connectivity index (χ2v) is 5.72. The van der Waals surface area contributed by atoms with Crippen LogP contribution >= 0.6 is 11.3 Å². The molecular weight excluding hydrogens is 280 g/mol. The van der Waals surface area contributed by atoms with Gasteiger partial charge in [-0.15, -0.1) is 11.3 Å².